The van der Waals surface area contributed by atoms with Crippen LogP contribution in [0.1, 0.15) is 149 Å². The zero-order valence-electron chi connectivity index (χ0n) is 84.6. The van der Waals surface area contributed by atoms with Crippen LogP contribution in [0.2, 0.25) is 0 Å². The Morgan fingerprint density at radius 3 is 0.860 bits per heavy atom. The van der Waals surface area contributed by atoms with Crippen LogP contribution in [0.3, 0.4) is 0 Å². The molecule has 48 heteroatoms. The number of rotatable bonds is 35. The minimum absolute atomic E-state index is 0.0854. The van der Waals surface area contributed by atoms with Crippen molar-refractivity contribution in [1.82, 2.24) is 57.3 Å². The summed E-state index contributed by atoms with van der Waals surface area (Å²) >= 11 is 0. The third-order valence-electron chi connectivity index (χ3n) is 24.7. The monoisotopic (exact) mass is 2130 g/mol. The second-order valence-electron chi connectivity index (χ2n) is 41.2. The molecule has 6 aliphatic rings. The average molecular weight is 2130 g/mol. The Hall–Kier alpha value is -7.62. The number of hydrogen-bond donors (Lipinski definition) is 18. The van der Waals surface area contributed by atoms with Crippen molar-refractivity contribution in [3.05, 3.63) is 227 Å². The number of hydrogen-bond acceptors (Lipinski definition) is 30. The van der Waals surface area contributed by atoms with E-state index < -0.39 is 256 Å². The molecule has 6 aromatic heterocycles. The summed E-state index contributed by atoms with van der Waals surface area (Å²) in [4.78, 5) is 156. The van der Waals surface area contributed by atoms with E-state index in [0.29, 0.717) is 82.0 Å². The van der Waals surface area contributed by atoms with Crippen LogP contribution in [0, 0.1) is 0 Å². The first-order valence-corrected chi connectivity index (χ1v) is 65.7. The van der Waals surface area contributed by atoms with E-state index in [9.17, 15) is 119 Å². The van der Waals surface area contributed by atoms with Gasteiger partial charge in [0.25, 0.3) is 33.4 Å². The van der Waals surface area contributed by atoms with Crippen molar-refractivity contribution in [3.8, 4) is 0 Å². The highest BCUT2D eigenvalue weighted by Gasteiger charge is 2.50. The molecule has 12 rings (SSSR count). The van der Waals surface area contributed by atoms with Crippen LogP contribution in [0.25, 0.3) is 6.20 Å². The normalized spacial score (nSPS) is 27.5. The highest BCUT2D eigenvalue weighted by Crippen LogP contribution is 2.46. The predicted octanol–water partition coefficient (Wildman–Crippen LogP) is 0.488. The Kier molecular flexibility index (Phi) is 44.9. The molecule has 804 valence electrons. The van der Waals surface area contributed by atoms with Gasteiger partial charge in [0.1, 0.15) is 97.7 Å². The van der Waals surface area contributed by atoms with E-state index in [1.807, 2.05) is 13.8 Å². The van der Waals surface area contributed by atoms with Gasteiger partial charge in [0.05, 0.1) is 58.9 Å². The molecule has 24 atom stereocenters. The molecule has 6 aromatic rings. The number of aliphatic hydroxyl groups is 12. The van der Waals surface area contributed by atoms with E-state index in [4.69, 9.17) is 28.4 Å². The van der Waals surface area contributed by atoms with Crippen molar-refractivity contribution < 1.29 is 89.7 Å². The fraction of sp³-hybridized carbons (Fsp3) is 0.621. The fourth-order valence-corrected chi connectivity index (χ4v) is 22.2. The summed E-state index contributed by atoms with van der Waals surface area (Å²) in [6.07, 6.45) is 25.7. The highest BCUT2D eigenvalue weighted by molar-refractivity contribution is 7.73. The number of H-pyrrole nitrogens is 6. The Morgan fingerprint density at radius 1 is 0.308 bits per heavy atom. The first-order valence-electron chi connectivity index (χ1n) is 47.4. The van der Waals surface area contributed by atoms with Crippen LogP contribution in [-0.4, -0.2) is 383 Å². The Labute approximate surface area is 830 Å². The maximum atomic E-state index is 12.2. The molecule has 6 aliphatic heterocycles. The smallest absolute Gasteiger partial charge is 0.332 e. The lowest BCUT2D eigenvalue weighted by Gasteiger charge is -2.19. The third-order valence-corrected chi connectivity index (χ3v) is 33.5. The molecule has 42 nitrogen and oxygen atoms in total. The van der Waals surface area contributed by atoms with E-state index in [1.54, 1.807) is 13.0 Å². The maximum absolute atomic E-state index is 12.2. The second kappa shape index (κ2) is 52.5. The van der Waals surface area contributed by atoms with E-state index in [0.717, 1.165) is 58.9 Å². The molecule has 0 radical (unpaired) electrons. The number of allylic oxidation sites excluding steroid dienone is 2. The molecular weight excluding hydrogens is 1970 g/mol. The number of ether oxygens (including phenoxy) is 6. The van der Waals surface area contributed by atoms with Crippen LogP contribution in [0.4, 0.5) is 0 Å². The van der Waals surface area contributed by atoms with Crippen molar-refractivity contribution in [2.75, 3.05) is 117 Å². The first kappa shape index (κ1) is 122. The van der Waals surface area contributed by atoms with Crippen molar-refractivity contribution in [3.63, 3.8) is 0 Å². The molecule has 0 bridgehead atoms. The Balaban J connectivity index is 0.000000233. The molecule has 0 aromatic carbocycles. The summed E-state index contributed by atoms with van der Waals surface area (Å²) in [6, 6.07) is 0. The highest BCUT2D eigenvalue weighted by atomic mass is 31.2. The molecule has 0 unspecified atom stereocenters. The average Bonchev–Trinajstić information content (AvgIpc) is 1.67. The zero-order valence-corrected chi connectivity index (χ0v) is 90.0. The molecule has 0 spiro atoms. The van der Waals surface area contributed by atoms with E-state index >= 15 is 0 Å². The predicted molar refractivity (Wildman–Crippen MR) is 576 cm³/mol. The number of aliphatic hydroxyl groups excluding tert-OH is 12. The molecular formula is C95H154N12O30P6. The summed E-state index contributed by atoms with van der Waals surface area (Å²) < 4.78 is 41.9. The van der Waals surface area contributed by atoms with E-state index in [1.165, 1.54) is 67.7 Å². The fourth-order valence-electron chi connectivity index (χ4n) is 16.5. The lowest BCUT2D eigenvalue weighted by Crippen LogP contribution is -2.38. The quantitative estimate of drug-likeness (QED) is 0.0190. The van der Waals surface area contributed by atoms with Crippen molar-refractivity contribution >= 4 is 85.3 Å². The minimum Gasteiger partial charge on any atom is -0.388 e. The van der Waals surface area contributed by atoms with Crippen LogP contribution in [0.5, 0.6) is 0 Å². The van der Waals surface area contributed by atoms with Gasteiger partial charge < -0.3 is 94.3 Å². The second-order valence-corrected chi connectivity index (χ2v) is 67.1. The lowest BCUT2D eigenvalue weighted by atomic mass is 10.0. The SMILES string of the molecule is C=CCCn1cc([C@@H]2O[C@H](CCP(=C)(C)C)[C@@H](O)[C@H]2O)c(=O)[nH]c1=O.C=CCn1cc([C@@H]2O[C@H](CCP(=C)(C)C)[C@@H](O)[C@H]2O)c(=O)[nH]c1=O.C=Cn1cc([C@@H]2O[C@H](CCP(=C)(C)C)[C@@H](O)[C@H]2O)c(=O)[nH]c1=O.C=P(C)(C)CC[C@H]1O[C@@H](c2cn(CCC)c(=O)[nH]c2=O)[C@H](O)[C@@H]1O.C=P(C)(C)CC[C@H]1O[C@@H](n2cc(CC)c(=O)[nH]c2=O)[C@H](O)[C@@H]1O.C=P(C)(C)CC[C@H]1O[C@@H](n2cc(CCC)c(=O)[nH]c2=O)[C@H](O)[C@@H]1O. The maximum Gasteiger partial charge on any atom is 0.332 e. The number of aromatic amines is 6. The topological polar surface area (TPSA) is 627 Å². The van der Waals surface area contributed by atoms with Crippen molar-refractivity contribution in [2.24, 2.45) is 0 Å². The molecule has 0 saturated carbocycles. The first-order chi connectivity index (χ1) is 66.3. The van der Waals surface area contributed by atoms with Gasteiger partial charge in [-0.05, 0) is 181 Å². The van der Waals surface area contributed by atoms with Crippen LogP contribution < -0.4 is 67.5 Å². The number of aryl methyl sites for hydroxylation is 4. The number of nitrogens with one attached hydrogen (secondary N) is 6. The molecule has 143 heavy (non-hydrogen) atoms. The Bertz CT molecular complexity index is 6320. The summed E-state index contributed by atoms with van der Waals surface area (Å²) in [7, 11) is 0. The molecule has 18 N–H and O–H groups in total. The lowest BCUT2D eigenvalue weighted by molar-refractivity contribution is -0.0404. The number of nitrogens with zero attached hydrogens (tertiary/aromatic N) is 6. The standard InChI is InChI=1S/C17H27N2O5P.C16H27N2O5P.C16H25N2O5P.C16H27N2O5P.C15H23N2O5P.C15H25N2O5P/c1-5-6-8-19-10-11(16(22)18-17(19)23)15-14(21)13(20)12(24-15)7-9-25(2,3)4;2*1-5-7-18-9-10(15(21)17-16(18)22)14-13(20)12(19)11(23-14)6-8-24(2,3)4;1-5-6-10-9-18(16(22)17-14(10)21)15-13(20)12(19)11(23-15)7-8-24(2,3)4;1-5-17-8-9(14(20)16-15(17)21)13-12(19)11(18)10(22-13)6-7-23(2,3)4;1-5-9-8-17(15(21)16-13(9)20)14-12(19)11(18)10(22-14)6-7-23(2,3)4/h5,10,12-15,20-21H,1-2,6-9H2,3-4H3,(H,18,22,23);9,11-14,19-20H,2,5-8H2,1,3-4H3,(H,17,21,22);5,9,11-14,19-20H,1-2,6-8H2,3-4H3,(H,17,21,22);9,11-13,15,19-20H,2,5-8H2,1,3-4H3,(H,17,21,22);5,8,10-13,18-19H,1-2,6-7H2,3-4H3,(H,16,20,21);8,10-12,14,18-19H,2,5-7H2,1,3-4H3,(H,16,20,21)/t12-,13-,14-,15+;2*11-,12-,13-,14+;11-,12-,13-,15-;10-,11-,12-,13+;10-,11-,12-,14-/m111111/s1. The van der Waals surface area contributed by atoms with Crippen LogP contribution in [0.15, 0.2) is 127 Å². The summed E-state index contributed by atoms with van der Waals surface area (Å²) in [5.41, 5.74) is -5.45. The van der Waals surface area contributed by atoms with Crippen LogP contribution in [-0.2, 0) is 60.9 Å². The summed E-state index contributed by atoms with van der Waals surface area (Å²) in [6.45, 7) is 34.7. The van der Waals surface area contributed by atoms with Crippen molar-refractivity contribution in [1.29, 1.82) is 0 Å². The van der Waals surface area contributed by atoms with Gasteiger partial charge in [-0.3, -0.25) is 81.5 Å². The van der Waals surface area contributed by atoms with E-state index in [-0.39, 0.29) is 28.8 Å². The zero-order chi connectivity index (χ0) is 108. The van der Waals surface area contributed by atoms with Gasteiger partial charge in [-0.2, -0.15) is 0 Å². The molecule has 0 aliphatic carbocycles. The summed E-state index contributed by atoms with van der Waals surface area (Å²) in [5.74, 6) is 0. The van der Waals surface area contributed by atoms with Gasteiger partial charge >= 0.3 is 34.1 Å². The van der Waals surface area contributed by atoms with Gasteiger partial charge in [-0.25, -0.2) is 28.8 Å². The van der Waals surface area contributed by atoms with Crippen molar-refractivity contribution in [2.45, 2.75) is 258 Å². The van der Waals surface area contributed by atoms with E-state index in [2.05, 4.69) is 167 Å². The Morgan fingerprint density at radius 2 is 0.573 bits per heavy atom. The van der Waals surface area contributed by atoms with Gasteiger partial charge in [-0.15, -0.1) is 92.3 Å². The van der Waals surface area contributed by atoms with Crippen LogP contribution >= 0.6 is 41.3 Å². The van der Waals surface area contributed by atoms with Gasteiger partial charge in [0.15, 0.2) is 12.5 Å². The molecule has 6 saturated heterocycles. The molecule has 6 fully saturated rings. The van der Waals surface area contributed by atoms with Gasteiger partial charge in [0, 0.05) is 74.1 Å². The summed E-state index contributed by atoms with van der Waals surface area (Å²) in [5, 5.41) is 123. The number of aromatic nitrogens is 12. The third kappa shape index (κ3) is 34.5. The van der Waals surface area contributed by atoms with Gasteiger partial charge in [0.2, 0.25) is 0 Å². The molecule has 0 amide bonds. The largest absolute Gasteiger partial charge is 0.388 e. The van der Waals surface area contributed by atoms with Gasteiger partial charge in [-0.1, -0.05) is 45.9 Å². The minimum atomic E-state index is -1.29. The molecule has 12 heterocycles.